The third kappa shape index (κ3) is 6.53. The lowest BCUT2D eigenvalue weighted by molar-refractivity contribution is -0.145. The van der Waals surface area contributed by atoms with Gasteiger partial charge in [-0.25, -0.2) is 9.18 Å². The molecule has 33 heavy (non-hydrogen) atoms. The minimum atomic E-state index is -0.960. The first-order valence-electron chi connectivity index (χ1n) is 10.2. The molecular formula is C23H23ClFN3O5. The molecule has 10 heteroatoms. The lowest BCUT2D eigenvalue weighted by atomic mass is 9.97. The molecule has 3 aromatic rings. The number of esters is 1. The summed E-state index contributed by atoms with van der Waals surface area (Å²) < 4.78 is 23.7. The summed E-state index contributed by atoms with van der Waals surface area (Å²) in [6.07, 6.45) is 1.42. The maximum absolute atomic E-state index is 14.2. The number of oxazole rings is 1. The molecule has 1 amide bonds. The van der Waals surface area contributed by atoms with Gasteiger partial charge in [-0.2, -0.15) is 0 Å². The number of benzene rings is 2. The third-order valence-electron chi connectivity index (χ3n) is 4.90. The van der Waals surface area contributed by atoms with Crippen molar-refractivity contribution in [1.82, 2.24) is 10.3 Å². The molecule has 1 unspecified atom stereocenters. The maximum atomic E-state index is 14.2. The number of ether oxygens (including phenoxy) is 1. The molecule has 1 aromatic heterocycles. The normalized spacial score (nSPS) is 12.7. The summed E-state index contributed by atoms with van der Waals surface area (Å²) in [7, 11) is 0. The lowest BCUT2D eigenvalue weighted by Gasteiger charge is -2.21. The van der Waals surface area contributed by atoms with E-state index in [9.17, 15) is 18.8 Å². The minimum Gasteiger partial charge on any atom is -0.465 e. The minimum absolute atomic E-state index is 0.0542. The summed E-state index contributed by atoms with van der Waals surface area (Å²) in [5.41, 5.74) is 7.71. The van der Waals surface area contributed by atoms with E-state index in [1.165, 1.54) is 12.1 Å². The van der Waals surface area contributed by atoms with E-state index in [0.717, 1.165) is 11.8 Å². The number of H-pyrrole nitrogens is 1. The highest BCUT2D eigenvalue weighted by molar-refractivity contribution is 6.30. The number of halogens is 2. The summed E-state index contributed by atoms with van der Waals surface area (Å²) >= 11 is 5.98. The molecule has 0 saturated carbocycles. The molecule has 0 saturated heterocycles. The number of hydrogen-bond acceptors (Lipinski definition) is 6. The highest BCUT2D eigenvalue weighted by Crippen LogP contribution is 2.26. The summed E-state index contributed by atoms with van der Waals surface area (Å²) in [5.74, 6) is -2.32. The Labute approximate surface area is 193 Å². The summed E-state index contributed by atoms with van der Waals surface area (Å²) in [6, 6.07) is 9.83. The third-order valence-corrected chi connectivity index (χ3v) is 5.14. The smallest absolute Gasteiger partial charge is 0.416 e. The van der Waals surface area contributed by atoms with Gasteiger partial charge < -0.3 is 20.2 Å². The molecule has 0 spiro atoms. The van der Waals surface area contributed by atoms with Crippen LogP contribution in [0.15, 0.2) is 57.9 Å². The number of hydrogen-bond donors (Lipinski definition) is 3. The molecule has 0 aliphatic heterocycles. The van der Waals surface area contributed by atoms with Crippen molar-refractivity contribution in [3.63, 3.8) is 0 Å². The summed E-state index contributed by atoms with van der Waals surface area (Å²) in [5, 5.41) is 3.17. The Morgan fingerprint density at radius 3 is 2.61 bits per heavy atom. The van der Waals surface area contributed by atoms with Crippen molar-refractivity contribution in [2.75, 3.05) is 6.61 Å². The molecule has 4 N–H and O–H groups in total. The number of nitrogens with one attached hydrogen (secondary N) is 2. The summed E-state index contributed by atoms with van der Waals surface area (Å²) in [6.45, 7) is 1.85. The first kappa shape index (κ1) is 24.2. The van der Waals surface area contributed by atoms with Gasteiger partial charge in [0.1, 0.15) is 23.8 Å². The van der Waals surface area contributed by atoms with E-state index in [1.807, 2.05) is 0 Å². The number of nitrogens with two attached hydrogens (primary N) is 1. The molecular weight excluding hydrogens is 453 g/mol. The molecule has 174 valence electrons. The van der Waals surface area contributed by atoms with Gasteiger partial charge in [0.2, 0.25) is 0 Å². The standard InChI is InChI=1S/C23H23ClFN3O5/c1-2-32-22(30)19(26)11-16(27-21(29)20-12-33-23(31)28-20)9-13-3-5-14(6-4-13)17-10-15(24)7-8-18(17)25/h3-8,10,12,16,19H,2,9,11,26H2,1H3,(H,27,29)(H,28,31)/t16?,19-/m1/s1. The van der Waals surface area contributed by atoms with Crippen molar-refractivity contribution in [2.24, 2.45) is 5.73 Å². The van der Waals surface area contributed by atoms with Crippen LogP contribution in [0.2, 0.25) is 5.02 Å². The topological polar surface area (TPSA) is 127 Å². The second-order valence-electron chi connectivity index (χ2n) is 7.35. The van der Waals surface area contributed by atoms with Crippen LogP contribution in [0.5, 0.6) is 0 Å². The highest BCUT2D eigenvalue weighted by Gasteiger charge is 2.23. The second-order valence-corrected chi connectivity index (χ2v) is 7.79. The fourth-order valence-corrected chi connectivity index (χ4v) is 3.50. The van der Waals surface area contributed by atoms with Crippen LogP contribution in [0.4, 0.5) is 4.39 Å². The van der Waals surface area contributed by atoms with Crippen LogP contribution in [-0.2, 0) is 16.0 Å². The zero-order valence-electron chi connectivity index (χ0n) is 17.8. The van der Waals surface area contributed by atoms with Crippen LogP contribution in [0.25, 0.3) is 11.1 Å². The van der Waals surface area contributed by atoms with Gasteiger partial charge in [-0.15, -0.1) is 0 Å². The van der Waals surface area contributed by atoms with Crippen molar-refractivity contribution in [2.45, 2.75) is 31.8 Å². The largest absolute Gasteiger partial charge is 0.465 e. The Morgan fingerprint density at radius 1 is 1.24 bits per heavy atom. The van der Waals surface area contributed by atoms with E-state index < -0.39 is 35.5 Å². The van der Waals surface area contributed by atoms with Crippen LogP contribution in [0.3, 0.4) is 0 Å². The molecule has 0 radical (unpaired) electrons. The van der Waals surface area contributed by atoms with E-state index in [4.69, 9.17) is 22.1 Å². The van der Waals surface area contributed by atoms with E-state index in [2.05, 4.69) is 14.7 Å². The zero-order chi connectivity index (χ0) is 24.0. The number of carbonyl (C=O) groups excluding carboxylic acids is 2. The fraction of sp³-hybridized carbons (Fsp3) is 0.261. The number of rotatable bonds is 9. The SMILES string of the molecule is CCOC(=O)[C@H](N)CC(Cc1ccc(-c2cc(Cl)ccc2F)cc1)NC(=O)c1coc(=O)[nH]1. The van der Waals surface area contributed by atoms with Gasteiger partial charge in [0.25, 0.3) is 5.91 Å². The van der Waals surface area contributed by atoms with Gasteiger partial charge >= 0.3 is 11.7 Å². The molecule has 2 aromatic carbocycles. The Bertz CT molecular complexity index is 1180. The Balaban J connectivity index is 1.78. The first-order chi connectivity index (χ1) is 15.8. The monoisotopic (exact) mass is 475 g/mol. The van der Waals surface area contributed by atoms with E-state index in [0.29, 0.717) is 22.6 Å². The molecule has 0 fully saturated rings. The van der Waals surface area contributed by atoms with Crippen LogP contribution in [-0.4, -0.2) is 35.6 Å². The Hall–Kier alpha value is -3.43. The number of aromatic nitrogens is 1. The average Bonchev–Trinajstić information content (AvgIpc) is 3.22. The van der Waals surface area contributed by atoms with Crippen molar-refractivity contribution < 1.29 is 23.1 Å². The fourth-order valence-electron chi connectivity index (χ4n) is 3.32. The first-order valence-corrected chi connectivity index (χ1v) is 10.6. The average molecular weight is 476 g/mol. The second kappa shape index (κ2) is 10.9. The van der Waals surface area contributed by atoms with Crippen LogP contribution in [0, 0.1) is 5.82 Å². The van der Waals surface area contributed by atoms with Crippen molar-refractivity contribution in [1.29, 1.82) is 0 Å². The van der Waals surface area contributed by atoms with E-state index in [1.54, 1.807) is 37.3 Å². The Morgan fingerprint density at radius 2 is 1.97 bits per heavy atom. The molecule has 0 bridgehead atoms. The zero-order valence-corrected chi connectivity index (χ0v) is 18.5. The molecule has 0 aliphatic carbocycles. The molecule has 1 heterocycles. The quantitative estimate of drug-likeness (QED) is 0.408. The molecule has 0 aliphatic rings. The van der Waals surface area contributed by atoms with Crippen LogP contribution in [0.1, 0.15) is 29.4 Å². The highest BCUT2D eigenvalue weighted by atomic mass is 35.5. The van der Waals surface area contributed by atoms with E-state index in [-0.39, 0.29) is 18.7 Å². The van der Waals surface area contributed by atoms with Gasteiger partial charge in [0, 0.05) is 16.6 Å². The maximum Gasteiger partial charge on any atom is 0.416 e. The van der Waals surface area contributed by atoms with Crippen molar-refractivity contribution in [3.05, 3.63) is 81.4 Å². The van der Waals surface area contributed by atoms with Gasteiger partial charge in [0.15, 0.2) is 0 Å². The number of amides is 1. The van der Waals surface area contributed by atoms with Crippen molar-refractivity contribution in [3.8, 4) is 11.1 Å². The lowest BCUT2D eigenvalue weighted by Crippen LogP contribution is -2.44. The van der Waals surface area contributed by atoms with Crippen molar-refractivity contribution >= 4 is 23.5 Å². The predicted octanol–water partition coefficient (Wildman–Crippen LogP) is 3.05. The predicted molar refractivity (Wildman–Crippen MR) is 120 cm³/mol. The van der Waals surface area contributed by atoms with Gasteiger partial charge in [-0.3, -0.25) is 14.6 Å². The Kier molecular flexibility index (Phi) is 8.02. The number of carbonyl (C=O) groups is 2. The molecule has 3 rings (SSSR count). The van der Waals surface area contributed by atoms with Gasteiger partial charge in [-0.1, -0.05) is 35.9 Å². The number of aromatic amines is 1. The molecule has 2 atom stereocenters. The van der Waals surface area contributed by atoms with Crippen LogP contribution >= 0.6 is 11.6 Å². The van der Waals surface area contributed by atoms with E-state index >= 15 is 0 Å². The van der Waals surface area contributed by atoms with Gasteiger partial charge in [0.05, 0.1) is 6.61 Å². The van der Waals surface area contributed by atoms with Gasteiger partial charge in [-0.05, 0) is 49.1 Å². The summed E-state index contributed by atoms with van der Waals surface area (Å²) in [4.78, 5) is 37.9. The molecule has 8 nitrogen and oxygen atoms in total. The van der Waals surface area contributed by atoms with Crippen LogP contribution < -0.4 is 16.8 Å².